The van der Waals surface area contributed by atoms with Crippen molar-refractivity contribution in [1.29, 1.82) is 0 Å². The zero-order valence-corrected chi connectivity index (χ0v) is 15.5. The third kappa shape index (κ3) is 4.22. The average Bonchev–Trinajstić information content (AvgIpc) is 2.69. The van der Waals surface area contributed by atoms with E-state index in [2.05, 4.69) is 4.98 Å². The summed E-state index contributed by atoms with van der Waals surface area (Å²) in [5.41, 5.74) is 1.97. The minimum Gasteiger partial charge on any atom is -0.506 e. The first-order valence-corrected chi connectivity index (χ1v) is 8.84. The molecule has 3 rings (SSSR count). The summed E-state index contributed by atoms with van der Waals surface area (Å²) in [4.78, 5) is 16.5. The van der Waals surface area contributed by atoms with Crippen LogP contribution in [0.25, 0.3) is 0 Å². The quantitative estimate of drug-likeness (QED) is 0.387. The van der Waals surface area contributed by atoms with Crippen LogP contribution in [0.5, 0.6) is 5.75 Å². The lowest BCUT2D eigenvalue weighted by atomic mass is 10.0. The van der Waals surface area contributed by atoms with Gasteiger partial charge in [-0.05, 0) is 25.0 Å². The average molecular weight is 387 g/mol. The van der Waals surface area contributed by atoms with Gasteiger partial charge in [0.25, 0.3) is 0 Å². The van der Waals surface area contributed by atoms with Crippen LogP contribution in [0.4, 0.5) is 0 Å². The predicted octanol–water partition coefficient (Wildman–Crippen LogP) is 1.05. The van der Waals surface area contributed by atoms with E-state index in [1.54, 1.807) is 12.3 Å². The highest BCUT2D eigenvalue weighted by Gasteiger charge is 2.30. The molecule has 0 atom stereocenters. The number of thiocarbonyl (C=S) groups is 1. The number of carbonyl (C=O) groups excluding carboxylic acids is 1. The second kappa shape index (κ2) is 8.40. The van der Waals surface area contributed by atoms with Crippen molar-refractivity contribution in [2.24, 2.45) is 11.7 Å². The number of carbonyl (C=O) groups is 1. The van der Waals surface area contributed by atoms with Gasteiger partial charge >= 0.3 is 0 Å². The lowest BCUT2D eigenvalue weighted by Gasteiger charge is -2.31. The van der Waals surface area contributed by atoms with Crippen molar-refractivity contribution >= 4 is 23.0 Å². The highest BCUT2D eigenvalue weighted by Crippen LogP contribution is 2.24. The molecule has 142 valence electrons. The van der Waals surface area contributed by atoms with Crippen LogP contribution in [0, 0.1) is 0 Å². The summed E-state index contributed by atoms with van der Waals surface area (Å²) >= 11 is 5.49. The third-order valence-electron chi connectivity index (χ3n) is 4.30. The van der Waals surface area contributed by atoms with Gasteiger partial charge in [-0.15, -0.1) is 0 Å². The van der Waals surface area contributed by atoms with E-state index in [9.17, 15) is 9.90 Å². The Bertz CT molecular complexity index is 849. The third-order valence-corrected chi connectivity index (χ3v) is 4.70. The molecule has 0 radical (unpaired) electrons. The molecular weight excluding hydrogens is 366 g/mol. The number of allylic oxidation sites excluding steroid dienone is 3. The molecular formula is C18H21N5O3S. The maximum Gasteiger partial charge on any atom is 0.193 e. The summed E-state index contributed by atoms with van der Waals surface area (Å²) < 4.78 is 5.34. The summed E-state index contributed by atoms with van der Waals surface area (Å²) in [5, 5.41) is 12.6. The van der Waals surface area contributed by atoms with Crippen LogP contribution in [0.3, 0.4) is 0 Å². The second-order valence-corrected chi connectivity index (χ2v) is 6.54. The second-order valence-electron chi connectivity index (χ2n) is 6.15. The molecule has 0 unspecified atom stereocenters. The number of hydrogen-bond acceptors (Lipinski definition) is 8. The molecule has 1 aromatic heterocycles. The Labute approximate surface area is 162 Å². The van der Waals surface area contributed by atoms with Crippen molar-refractivity contribution < 1.29 is 14.6 Å². The fourth-order valence-electron chi connectivity index (χ4n) is 2.86. The number of hydrazine groups is 2. The molecule has 9 heteroatoms. The van der Waals surface area contributed by atoms with E-state index in [-0.39, 0.29) is 41.9 Å². The number of nitrogens with zero attached hydrogens (tertiary/aromatic N) is 3. The van der Waals surface area contributed by atoms with Gasteiger partial charge in [-0.2, -0.15) is 0 Å². The summed E-state index contributed by atoms with van der Waals surface area (Å²) in [5.74, 6) is 12.1. The molecule has 0 spiro atoms. The highest BCUT2D eigenvalue weighted by molar-refractivity contribution is 7.80. The molecule has 5 N–H and O–H groups in total. The fraction of sp³-hybridized carbons (Fsp3) is 0.278. The Kier molecular flexibility index (Phi) is 5.97. The summed E-state index contributed by atoms with van der Waals surface area (Å²) in [6, 6.07) is 1.64. The van der Waals surface area contributed by atoms with Crippen LogP contribution in [0.1, 0.15) is 18.4 Å². The van der Waals surface area contributed by atoms with E-state index in [1.807, 2.05) is 18.2 Å². The van der Waals surface area contributed by atoms with E-state index in [1.165, 1.54) is 16.2 Å². The van der Waals surface area contributed by atoms with Crippen LogP contribution in [0.15, 0.2) is 53.7 Å². The van der Waals surface area contributed by atoms with Crippen LogP contribution < -0.4 is 11.7 Å². The van der Waals surface area contributed by atoms with Crippen LogP contribution in [-0.2, 0) is 16.1 Å². The molecule has 1 aliphatic heterocycles. The number of ketones is 1. The standard InChI is InChI=1S/C18H21N5O3S/c19-22(9-12-6-7-21-8-15(12)24)14-10-26-11-16(25)17(14)18(27)23(20)13-4-2-1-3-5-13/h2,4-8,24H,1,3,9-11,19-20H2. The summed E-state index contributed by atoms with van der Waals surface area (Å²) in [6.07, 6.45) is 10.5. The summed E-state index contributed by atoms with van der Waals surface area (Å²) in [6.45, 7) is 0.182. The van der Waals surface area contributed by atoms with Gasteiger partial charge in [0.05, 0.1) is 36.3 Å². The number of aromatic hydroxyl groups is 1. The fourth-order valence-corrected chi connectivity index (χ4v) is 3.20. The lowest BCUT2D eigenvalue weighted by Crippen LogP contribution is -2.44. The Morgan fingerprint density at radius 3 is 2.85 bits per heavy atom. The first-order chi connectivity index (χ1) is 13.0. The number of nitrogens with two attached hydrogens (primary N) is 2. The Balaban J connectivity index is 1.90. The van der Waals surface area contributed by atoms with E-state index >= 15 is 0 Å². The number of hydrogen-bond donors (Lipinski definition) is 3. The molecule has 0 aromatic carbocycles. The minimum absolute atomic E-state index is 0.0127. The molecule has 27 heavy (non-hydrogen) atoms. The van der Waals surface area contributed by atoms with Crippen molar-refractivity contribution in [3.63, 3.8) is 0 Å². The molecule has 2 aliphatic rings. The highest BCUT2D eigenvalue weighted by atomic mass is 32.1. The van der Waals surface area contributed by atoms with Gasteiger partial charge in [-0.1, -0.05) is 24.4 Å². The van der Waals surface area contributed by atoms with E-state index in [0.717, 1.165) is 18.5 Å². The molecule has 0 amide bonds. The SMILES string of the molecule is NN(Cc1ccncc1O)C1=C(C(=S)N(N)C2=CCCC=C2)C(=O)COC1. The smallest absolute Gasteiger partial charge is 0.193 e. The van der Waals surface area contributed by atoms with Crippen molar-refractivity contribution in [3.05, 3.63) is 59.2 Å². The van der Waals surface area contributed by atoms with Crippen LogP contribution in [-0.4, -0.2) is 44.1 Å². The molecule has 0 bridgehead atoms. The molecule has 0 saturated carbocycles. The van der Waals surface area contributed by atoms with Gasteiger partial charge in [-0.25, -0.2) is 11.7 Å². The van der Waals surface area contributed by atoms with E-state index in [0.29, 0.717) is 11.3 Å². The zero-order chi connectivity index (χ0) is 19.4. The maximum atomic E-state index is 12.5. The first-order valence-electron chi connectivity index (χ1n) is 8.43. The lowest BCUT2D eigenvalue weighted by molar-refractivity contribution is -0.120. The van der Waals surface area contributed by atoms with Crippen molar-refractivity contribution in [1.82, 2.24) is 15.0 Å². The summed E-state index contributed by atoms with van der Waals surface area (Å²) in [7, 11) is 0. The number of aromatic nitrogens is 1. The van der Waals surface area contributed by atoms with Gasteiger partial charge in [0.15, 0.2) is 5.78 Å². The van der Waals surface area contributed by atoms with Crippen LogP contribution >= 0.6 is 12.2 Å². The normalized spacial score (nSPS) is 17.0. The van der Waals surface area contributed by atoms with Crippen LogP contribution in [0.2, 0.25) is 0 Å². The molecule has 0 saturated heterocycles. The monoisotopic (exact) mass is 387 g/mol. The molecule has 1 aromatic rings. The number of ether oxygens (including phenoxy) is 1. The van der Waals surface area contributed by atoms with Gasteiger partial charge in [0.1, 0.15) is 17.3 Å². The van der Waals surface area contributed by atoms with E-state index in [4.69, 9.17) is 28.6 Å². The molecule has 0 fully saturated rings. The van der Waals surface area contributed by atoms with Crippen molar-refractivity contribution in [3.8, 4) is 5.75 Å². The largest absolute Gasteiger partial charge is 0.506 e. The Morgan fingerprint density at radius 2 is 2.15 bits per heavy atom. The van der Waals surface area contributed by atoms with Crippen molar-refractivity contribution in [2.75, 3.05) is 13.2 Å². The zero-order valence-electron chi connectivity index (χ0n) is 14.7. The van der Waals surface area contributed by atoms with E-state index < -0.39 is 0 Å². The number of pyridine rings is 1. The van der Waals surface area contributed by atoms with Gasteiger partial charge < -0.3 is 14.9 Å². The Morgan fingerprint density at radius 1 is 1.33 bits per heavy atom. The minimum atomic E-state index is -0.286. The molecule has 1 aliphatic carbocycles. The van der Waals surface area contributed by atoms with Gasteiger partial charge in [0, 0.05) is 11.8 Å². The van der Waals surface area contributed by atoms with Crippen molar-refractivity contribution in [2.45, 2.75) is 19.4 Å². The Hall–Kier alpha value is -2.59. The predicted molar refractivity (Wildman–Crippen MR) is 104 cm³/mol. The molecule has 8 nitrogen and oxygen atoms in total. The first kappa shape index (κ1) is 19.2. The number of Topliss-reactive ketones (excluding diaryl/α,β-unsaturated/α-hetero) is 1. The topological polar surface area (TPSA) is 118 Å². The van der Waals surface area contributed by atoms with Gasteiger partial charge in [0.2, 0.25) is 0 Å². The maximum absolute atomic E-state index is 12.5. The molecule has 2 heterocycles. The number of rotatable bonds is 5. The van der Waals surface area contributed by atoms with Gasteiger partial charge in [-0.3, -0.25) is 14.8 Å².